The highest BCUT2D eigenvalue weighted by Crippen LogP contribution is 2.20. The zero-order valence-electron chi connectivity index (χ0n) is 15.7. The standard InChI is InChI=1S/C20H29FN4O/c1-16(2)25-13-17(11-22-25)12-23-8-9-24(19(15-23)7-10-26)14-18-5-3-4-6-20(18)21/h3-6,11,13,16,19,26H,7-10,12,14-15H2,1-2H3. The molecule has 26 heavy (non-hydrogen) atoms. The first-order valence-corrected chi connectivity index (χ1v) is 9.40. The molecule has 6 heteroatoms. The van der Waals surface area contributed by atoms with Gasteiger partial charge in [-0.15, -0.1) is 0 Å². The summed E-state index contributed by atoms with van der Waals surface area (Å²) in [7, 11) is 0. The molecule has 0 spiro atoms. The third kappa shape index (κ3) is 4.69. The van der Waals surface area contributed by atoms with Gasteiger partial charge in [-0.1, -0.05) is 18.2 Å². The second-order valence-electron chi connectivity index (χ2n) is 7.39. The second kappa shape index (κ2) is 8.75. The van der Waals surface area contributed by atoms with E-state index in [-0.39, 0.29) is 18.5 Å². The minimum Gasteiger partial charge on any atom is -0.396 e. The third-order valence-corrected chi connectivity index (χ3v) is 5.07. The van der Waals surface area contributed by atoms with Crippen molar-refractivity contribution in [3.63, 3.8) is 0 Å². The molecule has 1 aromatic carbocycles. The summed E-state index contributed by atoms with van der Waals surface area (Å²) in [4.78, 5) is 4.70. The lowest BCUT2D eigenvalue weighted by Crippen LogP contribution is -2.52. The van der Waals surface area contributed by atoms with Crippen LogP contribution in [0.1, 0.15) is 37.4 Å². The molecule has 142 valence electrons. The van der Waals surface area contributed by atoms with Crippen LogP contribution in [0.2, 0.25) is 0 Å². The number of hydrogen-bond donors (Lipinski definition) is 1. The van der Waals surface area contributed by atoms with Gasteiger partial charge in [0, 0.05) is 68.7 Å². The maximum atomic E-state index is 14.0. The van der Waals surface area contributed by atoms with Crippen molar-refractivity contribution < 1.29 is 9.50 Å². The van der Waals surface area contributed by atoms with Crippen LogP contribution in [-0.2, 0) is 13.1 Å². The van der Waals surface area contributed by atoms with Gasteiger partial charge >= 0.3 is 0 Å². The van der Waals surface area contributed by atoms with Crippen LogP contribution in [0.25, 0.3) is 0 Å². The zero-order valence-corrected chi connectivity index (χ0v) is 15.7. The molecule has 0 radical (unpaired) electrons. The molecule has 2 heterocycles. The second-order valence-corrected chi connectivity index (χ2v) is 7.39. The Labute approximate surface area is 155 Å². The van der Waals surface area contributed by atoms with Gasteiger partial charge in [0.25, 0.3) is 0 Å². The van der Waals surface area contributed by atoms with Crippen LogP contribution in [0.4, 0.5) is 4.39 Å². The summed E-state index contributed by atoms with van der Waals surface area (Å²) in [6, 6.07) is 7.55. The minimum absolute atomic E-state index is 0.150. The van der Waals surface area contributed by atoms with Crippen LogP contribution >= 0.6 is 0 Å². The molecule has 0 aliphatic carbocycles. The lowest BCUT2D eigenvalue weighted by Gasteiger charge is -2.41. The largest absolute Gasteiger partial charge is 0.396 e. The number of rotatable bonds is 7. The van der Waals surface area contributed by atoms with Gasteiger partial charge in [-0.3, -0.25) is 14.5 Å². The van der Waals surface area contributed by atoms with Crippen molar-refractivity contribution in [2.45, 2.75) is 45.4 Å². The molecule has 1 fully saturated rings. The number of aliphatic hydroxyl groups is 1. The van der Waals surface area contributed by atoms with Crippen molar-refractivity contribution in [1.82, 2.24) is 19.6 Å². The molecule has 2 aromatic rings. The van der Waals surface area contributed by atoms with E-state index < -0.39 is 0 Å². The summed E-state index contributed by atoms with van der Waals surface area (Å²) < 4.78 is 16.0. The summed E-state index contributed by atoms with van der Waals surface area (Å²) in [6.45, 7) is 8.53. The first-order chi connectivity index (χ1) is 12.6. The van der Waals surface area contributed by atoms with Gasteiger partial charge in [-0.2, -0.15) is 5.10 Å². The fourth-order valence-corrected chi connectivity index (χ4v) is 3.58. The van der Waals surface area contributed by atoms with Gasteiger partial charge in [-0.05, 0) is 26.3 Å². The lowest BCUT2D eigenvalue weighted by atomic mass is 10.1. The number of hydrogen-bond acceptors (Lipinski definition) is 4. The molecule has 3 rings (SSSR count). The van der Waals surface area contributed by atoms with Crippen LogP contribution in [-0.4, -0.2) is 57.0 Å². The molecule has 1 unspecified atom stereocenters. The van der Waals surface area contributed by atoms with Crippen molar-refractivity contribution in [1.29, 1.82) is 0 Å². The monoisotopic (exact) mass is 360 g/mol. The number of piperazine rings is 1. The Hall–Kier alpha value is -1.76. The predicted octanol–water partition coefficient (Wildman–Crippen LogP) is 2.67. The van der Waals surface area contributed by atoms with Crippen molar-refractivity contribution in [3.8, 4) is 0 Å². The van der Waals surface area contributed by atoms with Gasteiger partial charge in [0.2, 0.25) is 0 Å². The SMILES string of the molecule is CC(C)n1cc(CN2CCN(Cc3ccccc3F)C(CCO)C2)cn1. The minimum atomic E-state index is -0.154. The highest BCUT2D eigenvalue weighted by atomic mass is 19.1. The van der Waals surface area contributed by atoms with E-state index in [0.29, 0.717) is 19.0 Å². The molecule has 1 N–H and O–H groups in total. The summed E-state index contributed by atoms with van der Waals surface area (Å²) >= 11 is 0. The van der Waals surface area contributed by atoms with Crippen LogP contribution in [0, 0.1) is 5.82 Å². The Kier molecular flexibility index (Phi) is 6.40. The van der Waals surface area contributed by atoms with E-state index in [1.807, 2.05) is 23.0 Å². The molecule has 1 aliphatic heterocycles. The maximum absolute atomic E-state index is 14.0. The highest BCUT2D eigenvalue weighted by molar-refractivity contribution is 5.17. The molecule has 0 amide bonds. The molecule has 1 atom stereocenters. The summed E-state index contributed by atoms with van der Waals surface area (Å²) in [5.74, 6) is -0.154. The molecule has 0 bridgehead atoms. The fraction of sp³-hybridized carbons (Fsp3) is 0.550. The smallest absolute Gasteiger partial charge is 0.127 e. The highest BCUT2D eigenvalue weighted by Gasteiger charge is 2.27. The van der Waals surface area contributed by atoms with Crippen LogP contribution in [0.5, 0.6) is 0 Å². The topological polar surface area (TPSA) is 44.5 Å². The van der Waals surface area contributed by atoms with E-state index in [0.717, 1.165) is 31.7 Å². The molecular weight excluding hydrogens is 331 g/mol. The van der Waals surface area contributed by atoms with E-state index in [4.69, 9.17) is 0 Å². The van der Waals surface area contributed by atoms with Gasteiger partial charge in [-0.25, -0.2) is 4.39 Å². The van der Waals surface area contributed by atoms with Crippen LogP contribution in [0.15, 0.2) is 36.7 Å². The van der Waals surface area contributed by atoms with E-state index in [1.165, 1.54) is 11.6 Å². The summed E-state index contributed by atoms with van der Waals surface area (Å²) in [5.41, 5.74) is 1.94. The average molecular weight is 360 g/mol. The van der Waals surface area contributed by atoms with Gasteiger partial charge in [0.15, 0.2) is 0 Å². The Morgan fingerprint density at radius 1 is 1.23 bits per heavy atom. The van der Waals surface area contributed by atoms with Crippen LogP contribution in [0.3, 0.4) is 0 Å². The molecule has 1 aromatic heterocycles. The Balaban J connectivity index is 1.62. The van der Waals surface area contributed by atoms with E-state index in [2.05, 4.69) is 34.9 Å². The van der Waals surface area contributed by atoms with E-state index >= 15 is 0 Å². The Bertz CT molecular complexity index is 703. The first-order valence-electron chi connectivity index (χ1n) is 9.40. The van der Waals surface area contributed by atoms with Crippen LogP contribution < -0.4 is 0 Å². The molecule has 1 saturated heterocycles. The zero-order chi connectivity index (χ0) is 18.5. The average Bonchev–Trinajstić information content (AvgIpc) is 3.08. The van der Waals surface area contributed by atoms with Crippen molar-refractivity contribution >= 4 is 0 Å². The van der Waals surface area contributed by atoms with Crippen molar-refractivity contribution in [2.75, 3.05) is 26.2 Å². The summed E-state index contributed by atoms with van der Waals surface area (Å²) in [5, 5.41) is 13.9. The number of aromatic nitrogens is 2. The van der Waals surface area contributed by atoms with Gasteiger partial charge in [0.1, 0.15) is 5.82 Å². The molecule has 5 nitrogen and oxygen atoms in total. The van der Waals surface area contributed by atoms with E-state index in [9.17, 15) is 9.50 Å². The first kappa shape index (κ1) is 19.0. The normalized spacial score (nSPS) is 19.3. The number of nitrogens with zero attached hydrogens (tertiary/aromatic N) is 4. The number of halogens is 1. The molecule has 1 aliphatic rings. The Morgan fingerprint density at radius 2 is 2.04 bits per heavy atom. The Morgan fingerprint density at radius 3 is 2.73 bits per heavy atom. The molecular formula is C20H29FN4O. The van der Waals surface area contributed by atoms with Crippen molar-refractivity contribution in [3.05, 3.63) is 53.6 Å². The predicted molar refractivity (Wildman–Crippen MR) is 100 cm³/mol. The van der Waals surface area contributed by atoms with E-state index in [1.54, 1.807) is 6.07 Å². The fourth-order valence-electron chi connectivity index (χ4n) is 3.58. The maximum Gasteiger partial charge on any atom is 0.127 e. The van der Waals surface area contributed by atoms with Gasteiger partial charge < -0.3 is 5.11 Å². The molecule has 0 saturated carbocycles. The quantitative estimate of drug-likeness (QED) is 0.825. The van der Waals surface area contributed by atoms with Crippen molar-refractivity contribution in [2.24, 2.45) is 0 Å². The lowest BCUT2D eigenvalue weighted by molar-refractivity contribution is 0.0493. The third-order valence-electron chi connectivity index (χ3n) is 5.07. The van der Waals surface area contributed by atoms with Gasteiger partial charge in [0.05, 0.1) is 6.20 Å². The number of benzene rings is 1. The summed E-state index contributed by atoms with van der Waals surface area (Å²) in [6.07, 6.45) is 4.75. The number of aliphatic hydroxyl groups excluding tert-OH is 1.